The number of halogens is 2. The third kappa shape index (κ3) is 4.58. The highest BCUT2D eigenvalue weighted by Crippen LogP contribution is 2.23. The molecule has 8 nitrogen and oxygen atoms in total. The molecule has 0 radical (unpaired) electrons. The first-order chi connectivity index (χ1) is 11.7. The highest BCUT2D eigenvalue weighted by molar-refractivity contribution is 6.30. The average molecular weight is 373 g/mol. The van der Waals surface area contributed by atoms with Crippen molar-refractivity contribution in [2.45, 2.75) is 18.6 Å². The summed E-state index contributed by atoms with van der Waals surface area (Å²) in [4.78, 5) is 36.4. The highest BCUT2D eigenvalue weighted by atomic mass is 35.5. The molecule has 1 fully saturated rings. The van der Waals surface area contributed by atoms with E-state index in [-0.39, 0.29) is 37.6 Å². The van der Waals surface area contributed by atoms with Gasteiger partial charge in [0.25, 0.3) is 11.8 Å². The Morgan fingerprint density at radius 3 is 2.72 bits per heavy atom. The first kappa shape index (κ1) is 18.9. The molecule has 2 rings (SSSR count). The molecule has 1 aromatic carbocycles. The summed E-state index contributed by atoms with van der Waals surface area (Å²) in [5.74, 6) is -2.18. The minimum absolute atomic E-state index is 0.0852. The summed E-state index contributed by atoms with van der Waals surface area (Å²) < 4.78 is 13.3. The van der Waals surface area contributed by atoms with Crippen LogP contribution in [0.15, 0.2) is 18.2 Å². The molecule has 1 heterocycles. The van der Waals surface area contributed by atoms with E-state index in [0.29, 0.717) is 5.56 Å². The SMILES string of the molecule is NC(=O)NCCN1CC[C@](O)(C(=O)NCc2cc(F)cc(Cl)c2)C1=O. The number of nitrogens with zero attached hydrogens (tertiary/aromatic N) is 1. The van der Waals surface area contributed by atoms with Gasteiger partial charge in [0.15, 0.2) is 0 Å². The van der Waals surface area contributed by atoms with E-state index in [1.54, 1.807) is 0 Å². The maximum absolute atomic E-state index is 13.3. The van der Waals surface area contributed by atoms with Gasteiger partial charge in [-0.15, -0.1) is 0 Å². The van der Waals surface area contributed by atoms with Crippen molar-refractivity contribution in [2.24, 2.45) is 5.73 Å². The number of nitrogens with one attached hydrogen (secondary N) is 2. The second-order valence-corrected chi connectivity index (χ2v) is 6.09. The molecule has 1 aromatic rings. The smallest absolute Gasteiger partial charge is 0.312 e. The largest absolute Gasteiger partial charge is 0.372 e. The Labute approximate surface area is 148 Å². The number of likely N-dealkylation sites (tertiary alicyclic amines) is 1. The Hall–Kier alpha value is -2.39. The number of rotatable bonds is 6. The Balaban J connectivity index is 1.94. The van der Waals surface area contributed by atoms with Crippen molar-refractivity contribution >= 4 is 29.4 Å². The Kier molecular flexibility index (Phi) is 5.81. The van der Waals surface area contributed by atoms with Gasteiger partial charge in [-0.3, -0.25) is 9.59 Å². The summed E-state index contributed by atoms with van der Waals surface area (Å²) in [6.45, 7) is 0.307. The van der Waals surface area contributed by atoms with Gasteiger partial charge in [-0.1, -0.05) is 11.6 Å². The van der Waals surface area contributed by atoms with Gasteiger partial charge in [0.1, 0.15) is 5.82 Å². The summed E-state index contributed by atoms with van der Waals surface area (Å²) in [6.07, 6.45) is -0.0852. The number of nitrogens with two attached hydrogens (primary N) is 1. The molecule has 0 bridgehead atoms. The molecule has 1 saturated heterocycles. The maximum atomic E-state index is 13.3. The Morgan fingerprint density at radius 1 is 1.36 bits per heavy atom. The lowest BCUT2D eigenvalue weighted by Crippen LogP contribution is -2.52. The van der Waals surface area contributed by atoms with Crippen molar-refractivity contribution in [3.05, 3.63) is 34.6 Å². The van der Waals surface area contributed by atoms with E-state index >= 15 is 0 Å². The van der Waals surface area contributed by atoms with E-state index in [9.17, 15) is 23.9 Å². The minimum atomic E-state index is -2.19. The van der Waals surface area contributed by atoms with E-state index in [1.165, 1.54) is 17.0 Å². The molecule has 0 spiro atoms. The van der Waals surface area contributed by atoms with Crippen LogP contribution in [0.3, 0.4) is 0 Å². The van der Waals surface area contributed by atoms with Crippen LogP contribution in [0.25, 0.3) is 0 Å². The second kappa shape index (κ2) is 7.66. The van der Waals surface area contributed by atoms with Crippen molar-refractivity contribution in [1.82, 2.24) is 15.5 Å². The van der Waals surface area contributed by atoms with Gasteiger partial charge in [-0.25, -0.2) is 9.18 Å². The zero-order chi connectivity index (χ0) is 18.6. The summed E-state index contributed by atoms with van der Waals surface area (Å²) in [5.41, 5.74) is 3.13. The standard InChI is InChI=1S/C15H18ClFN4O4/c16-10-5-9(6-11(17)7-10)8-20-12(22)15(25)1-3-21(13(15)23)4-2-19-14(18)24/h5-7,25H,1-4,8H2,(H,20,22)(H3,18,19,24)/t15-/m0/s1. The number of carbonyl (C=O) groups is 3. The zero-order valence-electron chi connectivity index (χ0n) is 13.2. The topological polar surface area (TPSA) is 125 Å². The number of aliphatic hydroxyl groups is 1. The normalized spacial score (nSPS) is 19.8. The van der Waals surface area contributed by atoms with Crippen LogP contribution in [0.4, 0.5) is 9.18 Å². The summed E-state index contributed by atoms with van der Waals surface area (Å²) in [5, 5.41) is 15.3. The molecule has 0 aromatic heterocycles. The maximum Gasteiger partial charge on any atom is 0.312 e. The molecule has 1 atom stereocenters. The number of urea groups is 1. The number of hydrogen-bond donors (Lipinski definition) is 4. The number of primary amides is 1. The van der Waals surface area contributed by atoms with Gasteiger partial charge >= 0.3 is 6.03 Å². The minimum Gasteiger partial charge on any atom is -0.372 e. The van der Waals surface area contributed by atoms with Crippen LogP contribution in [0.1, 0.15) is 12.0 Å². The molecule has 1 aliphatic heterocycles. The lowest BCUT2D eigenvalue weighted by Gasteiger charge is -2.21. The van der Waals surface area contributed by atoms with Gasteiger partial charge in [0.05, 0.1) is 0 Å². The van der Waals surface area contributed by atoms with Gasteiger partial charge in [0.2, 0.25) is 5.60 Å². The van der Waals surface area contributed by atoms with Crippen molar-refractivity contribution in [1.29, 1.82) is 0 Å². The van der Waals surface area contributed by atoms with Crippen LogP contribution < -0.4 is 16.4 Å². The highest BCUT2D eigenvalue weighted by Gasteiger charge is 2.50. The monoisotopic (exact) mass is 372 g/mol. The molecule has 136 valence electrons. The number of carbonyl (C=O) groups excluding carboxylic acids is 3. The second-order valence-electron chi connectivity index (χ2n) is 5.65. The van der Waals surface area contributed by atoms with Crippen LogP contribution >= 0.6 is 11.6 Å². The van der Waals surface area contributed by atoms with Crippen molar-refractivity contribution < 1.29 is 23.9 Å². The summed E-state index contributed by atoms with van der Waals surface area (Å²) in [7, 11) is 0. The number of hydrogen-bond acceptors (Lipinski definition) is 4. The van der Waals surface area contributed by atoms with E-state index in [4.69, 9.17) is 17.3 Å². The first-order valence-electron chi connectivity index (χ1n) is 7.50. The van der Waals surface area contributed by atoms with E-state index in [1.807, 2.05) is 0 Å². The van der Waals surface area contributed by atoms with Crippen LogP contribution in [0.5, 0.6) is 0 Å². The molecule has 25 heavy (non-hydrogen) atoms. The van der Waals surface area contributed by atoms with E-state index < -0.39 is 29.3 Å². The fourth-order valence-corrected chi connectivity index (χ4v) is 2.79. The average Bonchev–Trinajstić information content (AvgIpc) is 2.81. The van der Waals surface area contributed by atoms with E-state index in [0.717, 1.165) is 6.07 Å². The molecule has 0 unspecified atom stereocenters. The Bertz CT molecular complexity index is 682. The van der Waals surface area contributed by atoms with Gasteiger partial charge in [-0.2, -0.15) is 0 Å². The van der Waals surface area contributed by atoms with E-state index in [2.05, 4.69) is 10.6 Å². The number of amides is 4. The summed E-state index contributed by atoms with van der Waals surface area (Å²) in [6, 6.07) is 3.05. The molecule has 10 heteroatoms. The fraction of sp³-hybridized carbons (Fsp3) is 0.400. The molecular formula is C15H18ClFN4O4. The first-order valence-corrected chi connectivity index (χ1v) is 7.88. The Morgan fingerprint density at radius 2 is 2.08 bits per heavy atom. The third-order valence-electron chi connectivity index (χ3n) is 3.82. The van der Waals surface area contributed by atoms with Crippen molar-refractivity contribution in [3.63, 3.8) is 0 Å². The molecule has 0 aliphatic carbocycles. The van der Waals surface area contributed by atoms with Crippen LogP contribution in [0.2, 0.25) is 5.02 Å². The third-order valence-corrected chi connectivity index (χ3v) is 4.03. The molecular weight excluding hydrogens is 355 g/mol. The molecule has 1 aliphatic rings. The molecule has 0 saturated carbocycles. The molecule has 4 amide bonds. The lowest BCUT2D eigenvalue weighted by molar-refractivity contribution is -0.154. The van der Waals surface area contributed by atoms with Crippen LogP contribution in [0, 0.1) is 5.82 Å². The fourth-order valence-electron chi connectivity index (χ4n) is 2.55. The summed E-state index contributed by atoms with van der Waals surface area (Å²) >= 11 is 5.73. The van der Waals surface area contributed by atoms with Gasteiger partial charge < -0.3 is 26.4 Å². The van der Waals surface area contributed by atoms with Crippen LogP contribution in [-0.4, -0.2) is 53.1 Å². The number of benzene rings is 1. The van der Waals surface area contributed by atoms with Crippen LogP contribution in [-0.2, 0) is 16.1 Å². The predicted molar refractivity (Wildman–Crippen MR) is 87.0 cm³/mol. The van der Waals surface area contributed by atoms with Crippen molar-refractivity contribution in [2.75, 3.05) is 19.6 Å². The zero-order valence-corrected chi connectivity index (χ0v) is 14.0. The van der Waals surface area contributed by atoms with Gasteiger partial charge in [-0.05, 0) is 23.8 Å². The predicted octanol–water partition coefficient (Wildman–Crippen LogP) is -0.273. The van der Waals surface area contributed by atoms with Gasteiger partial charge in [0, 0.05) is 37.6 Å². The molecule has 5 N–H and O–H groups in total. The van der Waals surface area contributed by atoms with Crippen molar-refractivity contribution in [3.8, 4) is 0 Å². The lowest BCUT2D eigenvalue weighted by atomic mass is 10.0. The quantitative estimate of drug-likeness (QED) is 0.513.